The lowest BCUT2D eigenvalue weighted by atomic mass is 10.2. The summed E-state index contributed by atoms with van der Waals surface area (Å²) in [4.78, 5) is 25.4. The zero-order valence-corrected chi connectivity index (χ0v) is 12.8. The Balaban J connectivity index is 1.89. The summed E-state index contributed by atoms with van der Waals surface area (Å²) < 4.78 is 1.43. The second-order valence-electron chi connectivity index (χ2n) is 5.01. The number of amides is 1. The first-order valence-corrected chi connectivity index (χ1v) is 7.50. The topological polar surface area (TPSA) is 71.3 Å². The number of thiophene rings is 1. The van der Waals surface area contributed by atoms with Crippen molar-refractivity contribution in [3.63, 3.8) is 0 Å². The molecule has 2 rings (SSSR count). The van der Waals surface area contributed by atoms with Crippen LogP contribution in [0.5, 0.6) is 0 Å². The first-order valence-electron chi connectivity index (χ1n) is 6.69. The lowest BCUT2D eigenvalue weighted by Crippen LogP contribution is -2.36. The van der Waals surface area contributed by atoms with Gasteiger partial charge in [0.05, 0.1) is 0 Å². The Hall–Kier alpha value is -2.08. The van der Waals surface area contributed by atoms with Crippen LogP contribution in [0.15, 0.2) is 30.5 Å². The quantitative estimate of drug-likeness (QED) is 0.860. The molecule has 0 bridgehead atoms. The molecule has 0 spiro atoms. The summed E-state index contributed by atoms with van der Waals surface area (Å²) in [7, 11) is 0. The highest BCUT2D eigenvalue weighted by Crippen LogP contribution is 2.16. The van der Waals surface area contributed by atoms with E-state index in [1.807, 2.05) is 6.92 Å². The summed E-state index contributed by atoms with van der Waals surface area (Å²) >= 11 is 1.72. The van der Waals surface area contributed by atoms with E-state index < -0.39 is 5.97 Å². The van der Waals surface area contributed by atoms with Crippen molar-refractivity contribution in [2.24, 2.45) is 0 Å². The van der Waals surface area contributed by atoms with Crippen molar-refractivity contribution in [2.45, 2.75) is 32.9 Å². The van der Waals surface area contributed by atoms with Gasteiger partial charge in [-0.15, -0.1) is 11.3 Å². The molecular formula is C15H18N2O3S. The van der Waals surface area contributed by atoms with Crippen molar-refractivity contribution in [3.05, 3.63) is 45.9 Å². The van der Waals surface area contributed by atoms with Crippen LogP contribution in [0, 0.1) is 6.92 Å². The Bertz CT molecular complexity index is 645. The number of aromatic nitrogens is 1. The lowest BCUT2D eigenvalue weighted by molar-refractivity contribution is -0.122. The number of aromatic carboxylic acids is 1. The summed E-state index contributed by atoms with van der Waals surface area (Å²) in [5.74, 6) is -1.22. The fourth-order valence-corrected chi connectivity index (χ4v) is 3.19. The highest BCUT2D eigenvalue weighted by molar-refractivity contribution is 7.11. The van der Waals surface area contributed by atoms with Crippen LogP contribution in [-0.4, -0.2) is 27.6 Å². The second-order valence-corrected chi connectivity index (χ2v) is 6.38. The first-order chi connectivity index (χ1) is 9.95. The maximum Gasteiger partial charge on any atom is 0.352 e. The fourth-order valence-electron chi connectivity index (χ4n) is 2.17. The molecule has 1 atom stereocenters. The predicted octanol–water partition coefficient (Wildman–Crippen LogP) is 2.30. The summed E-state index contributed by atoms with van der Waals surface area (Å²) in [6.07, 6.45) is 2.37. The lowest BCUT2D eigenvalue weighted by Gasteiger charge is -2.14. The molecule has 21 heavy (non-hydrogen) atoms. The molecule has 5 nitrogen and oxygen atoms in total. The molecule has 0 saturated carbocycles. The Morgan fingerprint density at radius 1 is 1.38 bits per heavy atom. The average molecular weight is 306 g/mol. The van der Waals surface area contributed by atoms with Gasteiger partial charge in [-0.25, -0.2) is 4.79 Å². The van der Waals surface area contributed by atoms with Crippen molar-refractivity contribution in [1.29, 1.82) is 0 Å². The van der Waals surface area contributed by atoms with Crippen LogP contribution in [0.25, 0.3) is 0 Å². The van der Waals surface area contributed by atoms with Crippen LogP contribution in [0.1, 0.15) is 27.2 Å². The minimum Gasteiger partial charge on any atom is -0.477 e. The number of rotatable bonds is 6. The van der Waals surface area contributed by atoms with Crippen molar-refractivity contribution in [1.82, 2.24) is 9.88 Å². The third-order valence-electron chi connectivity index (χ3n) is 3.07. The molecule has 2 N–H and O–H groups in total. The van der Waals surface area contributed by atoms with Gasteiger partial charge in [-0.1, -0.05) is 0 Å². The van der Waals surface area contributed by atoms with E-state index in [0.29, 0.717) is 0 Å². The largest absolute Gasteiger partial charge is 0.477 e. The molecule has 112 valence electrons. The van der Waals surface area contributed by atoms with E-state index in [0.717, 1.165) is 6.42 Å². The molecule has 0 aromatic carbocycles. The molecule has 2 aromatic rings. The van der Waals surface area contributed by atoms with Gasteiger partial charge in [0.15, 0.2) is 0 Å². The number of nitrogens with one attached hydrogen (secondary N) is 1. The third-order valence-corrected chi connectivity index (χ3v) is 4.10. The molecule has 0 aliphatic carbocycles. The van der Waals surface area contributed by atoms with Gasteiger partial charge >= 0.3 is 5.97 Å². The third kappa shape index (κ3) is 4.19. The highest BCUT2D eigenvalue weighted by Gasteiger charge is 2.13. The van der Waals surface area contributed by atoms with Gasteiger partial charge < -0.3 is 15.0 Å². The van der Waals surface area contributed by atoms with E-state index in [4.69, 9.17) is 5.11 Å². The number of carbonyl (C=O) groups excluding carboxylic acids is 1. The normalized spacial score (nSPS) is 12.1. The number of aryl methyl sites for hydroxylation is 1. The van der Waals surface area contributed by atoms with E-state index in [-0.39, 0.29) is 24.2 Å². The van der Waals surface area contributed by atoms with Gasteiger partial charge in [0, 0.05) is 28.4 Å². The van der Waals surface area contributed by atoms with Crippen molar-refractivity contribution >= 4 is 23.2 Å². The molecule has 0 fully saturated rings. The zero-order chi connectivity index (χ0) is 15.4. The molecule has 0 aliphatic heterocycles. The van der Waals surface area contributed by atoms with Crippen LogP contribution in [-0.2, 0) is 17.8 Å². The van der Waals surface area contributed by atoms with Gasteiger partial charge in [-0.05, 0) is 38.1 Å². The fraction of sp³-hybridized carbons (Fsp3) is 0.333. The summed E-state index contributed by atoms with van der Waals surface area (Å²) in [6, 6.07) is 7.24. The molecule has 2 heterocycles. The number of nitrogens with zero attached hydrogens (tertiary/aromatic N) is 1. The standard InChI is InChI=1S/C15H18N2O3S/c1-10(8-12-6-5-11(2)21-12)16-14(18)9-17-7-3-4-13(17)15(19)20/h3-7,10H,8-9H2,1-2H3,(H,16,18)(H,19,20). The number of carboxylic acids is 1. The van der Waals surface area contributed by atoms with Crippen molar-refractivity contribution in [2.75, 3.05) is 0 Å². The molecule has 0 aliphatic rings. The Morgan fingerprint density at radius 2 is 2.14 bits per heavy atom. The average Bonchev–Trinajstić information content (AvgIpc) is 2.98. The number of hydrogen-bond acceptors (Lipinski definition) is 3. The molecular weight excluding hydrogens is 288 g/mol. The van der Waals surface area contributed by atoms with Crippen LogP contribution in [0.2, 0.25) is 0 Å². The molecule has 1 amide bonds. The predicted molar refractivity (Wildman–Crippen MR) is 81.8 cm³/mol. The first kappa shape index (κ1) is 15.3. The molecule has 0 saturated heterocycles. The SMILES string of the molecule is Cc1ccc(CC(C)NC(=O)Cn2cccc2C(=O)O)s1. The van der Waals surface area contributed by atoms with Crippen LogP contribution in [0.4, 0.5) is 0 Å². The number of carbonyl (C=O) groups is 2. The van der Waals surface area contributed by atoms with E-state index >= 15 is 0 Å². The van der Waals surface area contributed by atoms with Crippen molar-refractivity contribution < 1.29 is 14.7 Å². The van der Waals surface area contributed by atoms with E-state index in [1.165, 1.54) is 20.4 Å². The highest BCUT2D eigenvalue weighted by atomic mass is 32.1. The molecule has 6 heteroatoms. The summed E-state index contributed by atoms with van der Waals surface area (Å²) in [6.45, 7) is 4.01. The second kappa shape index (κ2) is 6.58. The monoisotopic (exact) mass is 306 g/mol. The summed E-state index contributed by atoms with van der Waals surface area (Å²) in [5, 5.41) is 11.9. The maximum absolute atomic E-state index is 12.0. The Labute approximate surface area is 127 Å². The minimum atomic E-state index is -1.03. The van der Waals surface area contributed by atoms with E-state index in [1.54, 1.807) is 23.6 Å². The number of carboxylic acid groups (broad SMARTS) is 1. The molecule has 0 radical (unpaired) electrons. The van der Waals surface area contributed by atoms with Gasteiger partial charge in [0.25, 0.3) is 0 Å². The van der Waals surface area contributed by atoms with Gasteiger partial charge in [-0.2, -0.15) is 0 Å². The maximum atomic E-state index is 12.0. The number of hydrogen-bond donors (Lipinski definition) is 2. The van der Waals surface area contributed by atoms with Gasteiger partial charge in [0.2, 0.25) is 5.91 Å². The smallest absolute Gasteiger partial charge is 0.352 e. The Morgan fingerprint density at radius 3 is 2.76 bits per heavy atom. The van der Waals surface area contributed by atoms with E-state index in [2.05, 4.69) is 24.4 Å². The van der Waals surface area contributed by atoms with Crippen LogP contribution in [0.3, 0.4) is 0 Å². The summed E-state index contributed by atoms with van der Waals surface area (Å²) in [5.41, 5.74) is 0.117. The molecule has 2 aromatic heterocycles. The van der Waals surface area contributed by atoms with Gasteiger partial charge in [-0.3, -0.25) is 4.79 Å². The van der Waals surface area contributed by atoms with E-state index in [9.17, 15) is 9.59 Å². The van der Waals surface area contributed by atoms with Crippen LogP contribution < -0.4 is 5.32 Å². The van der Waals surface area contributed by atoms with Crippen molar-refractivity contribution in [3.8, 4) is 0 Å². The van der Waals surface area contributed by atoms with Crippen LogP contribution >= 0.6 is 11.3 Å². The Kier molecular flexibility index (Phi) is 4.80. The minimum absolute atomic E-state index is 0.0133. The van der Waals surface area contributed by atoms with Gasteiger partial charge in [0.1, 0.15) is 12.2 Å². The zero-order valence-electron chi connectivity index (χ0n) is 12.0. The molecule has 1 unspecified atom stereocenters.